The van der Waals surface area contributed by atoms with Crippen LogP contribution in [0.3, 0.4) is 0 Å². The summed E-state index contributed by atoms with van der Waals surface area (Å²) in [5, 5.41) is 18.0. The number of pyridine rings is 1. The van der Waals surface area contributed by atoms with Crippen LogP contribution in [0, 0.1) is 0 Å². The van der Waals surface area contributed by atoms with E-state index in [1.54, 1.807) is 43.5 Å². The summed E-state index contributed by atoms with van der Waals surface area (Å²) in [6.07, 6.45) is 11.4. The number of nitrogens with zero attached hydrogens (tertiary/aromatic N) is 2. The molecule has 36 heavy (non-hydrogen) atoms. The number of esters is 2. The molecule has 0 saturated heterocycles. The molecule has 0 spiro atoms. The molecule has 0 radical (unpaired) electrons. The van der Waals surface area contributed by atoms with Gasteiger partial charge in [0.25, 0.3) is 0 Å². The first-order valence-corrected chi connectivity index (χ1v) is 10.7. The van der Waals surface area contributed by atoms with Gasteiger partial charge in [-0.25, -0.2) is 9.59 Å². The predicted molar refractivity (Wildman–Crippen MR) is 131 cm³/mol. The van der Waals surface area contributed by atoms with Crippen LogP contribution < -0.4 is 0 Å². The number of carbonyl (C=O) groups is 4. The van der Waals surface area contributed by atoms with Crippen LogP contribution in [-0.2, 0) is 30.4 Å². The molecular formula is C26H24N2O8. The molecule has 10 nitrogen and oxygen atoms in total. The maximum atomic E-state index is 12.5. The number of carbonyl (C=O) groups excluding carboxylic acids is 2. The first-order chi connectivity index (χ1) is 17.2. The Labute approximate surface area is 206 Å². The van der Waals surface area contributed by atoms with Crippen molar-refractivity contribution in [1.82, 2.24) is 4.57 Å². The molecule has 3 aliphatic rings. The first-order valence-electron chi connectivity index (χ1n) is 10.7. The van der Waals surface area contributed by atoms with E-state index in [0.29, 0.717) is 27.8 Å². The van der Waals surface area contributed by atoms with Gasteiger partial charge in [-0.1, -0.05) is 30.4 Å². The highest BCUT2D eigenvalue weighted by Gasteiger charge is 2.24. The molecule has 3 rings (SSSR count). The third-order valence-corrected chi connectivity index (χ3v) is 5.38. The third kappa shape index (κ3) is 5.49. The number of rotatable bonds is 8. The Morgan fingerprint density at radius 2 is 1.78 bits per heavy atom. The zero-order valence-electron chi connectivity index (χ0n) is 19.8. The first kappa shape index (κ1) is 25.9. The second-order valence-electron chi connectivity index (χ2n) is 7.67. The lowest BCUT2D eigenvalue weighted by Crippen LogP contribution is -2.13. The number of fused-ring (bicyclic) bond motifs is 1. The van der Waals surface area contributed by atoms with Crippen molar-refractivity contribution in [3.63, 3.8) is 0 Å². The summed E-state index contributed by atoms with van der Waals surface area (Å²) in [5.74, 6) is -3.46. The number of hydrogen-bond donors (Lipinski definition) is 2. The van der Waals surface area contributed by atoms with Gasteiger partial charge in [-0.05, 0) is 40.8 Å². The van der Waals surface area contributed by atoms with E-state index in [0.717, 1.165) is 5.57 Å². The minimum atomic E-state index is -1.14. The largest absolute Gasteiger partial charge is 0.480 e. The van der Waals surface area contributed by atoms with Crippen LogP contribution in [0.4, 0.5) is 0 Å². The fraction of sp³-hybridized carbons (Fsp3) is 0.192. The van der Waals surface area contributed by atoms with Crippen LogP contribution in [0.2, 0.25) is 0 Å². The van der Waals surface area contributed by atoms with Crippen LogP contribution in [0.25, 0.3) is 17.2 Å². The van der Waals surface area contributed by atoms with E-state index in [2.05, 4.69) is 4.99 Å². The minimum Gasteiger partial charge on any atom is -0.480 e. The molecule has 0 fully saturated rings. The van der Waals surface area contributed by atoms with E-state index >= 15 is 0 Å². The number of allylic oxidation sites excluding steroid dienone is 6. The number of carboxylic acids is 2. The van der Waals surface area contributed by atoms with E-state index in [1.807, 2.05) is 6.08 Å². The summed E-state index contributed by atoms with van der Waals surface area (Å²) in [7, 11) is 2.47. The quantitative estimate of drug-likeness (QED) is 0.325. The predicted octanol–water partition coefficient (Wildman–Crippen LogP) is 2.99. The average molecular weight is 492 g/mol. The van der Waals surface area contributed by atoms with Gasteiger partial charge in [0.2, 0.25) is 0 Å². The fourth-order valence-electron chi connectivity index (χ4n) is 3.93. The van der Waals surface area contributed by atoms with Crippen LogP contribution >= 0.6 is 0 Å². The van der Waals surface area contributed by atoms with Gasteiger partial charge >= 0.3 is 23.9 Å². The maximum absolute atomic E-state index is 12.5. The molecule has 0 bridgehead atoms. The Morgan fingerprint density at radius 3 is 2.39 bits per heavy atom. The van der Waals surface area contributed by atoms with Gasteiger partial charge in [0.1, 0.15) is 13.1 Å². The number of aromatic nitrogens is 1. The van der Waals surface area contributed by atoms with Crippen molar-refractivity contribution in [2.24, 2.45) is 4.99 Å². The van der Waals surface area contributed by atoms with Gasteiger partial charge in [-0.15, -0.1) is 0 Å². The SMILES string of the molecule is C/C=C1/C(=C\c2ccc3cn(CC(=O)O)cc(C(=O)OC)c2-3)C=C/C1=C(/C=NCC(=O)O)C(=O)OC. The lowest BCUT2D eigenvalue weighted by atomic mass is 9.96. The van der Waals surface area contributed by atoms with Crippen LogP contribution in [0.15, 0.2) is 70.0 Å². The summed E-state index contributed by atoms with van der Waals surface area (Å²) < 4.78 is 11.2. The smallest absolute Gasteiger partial charge is 0.340 e. The molecule has 0 amide bonds. The number of aliphatic carboxylic acids is 2. The van der Waals surface area contributed by atoms with Gasteiger partial charge in [0.05, 0.1) is 25.4 Å². The lowest BCUT2D eigenvalue weighted by Gasteiger charge is -2.13. The van der Waals surface area contributed by atoms with Crippen LogP contribution in [0.5, 0.6) is 0 Å². The molecule has 0 saturated carbocycles. The molecule has 0 aromatic carbocycles. The molecule has 1 heterocycles. The fourth-order valence-corrected chi connectivity index (χ4v) is 3.93. The summed E-state index contributed by atoms with van der Waals surface area (Å²) in [6.45, 7) is 0.973. The Balaban J connectivity index is 2.12. The standard InChI is InChI=1S/C26H24N2O8/c1-4-18-15(7-8-19(18)20(25(33)35-2)10-27-11-22(29)30)9-16-5-6-17-12-28(14-23(31)32)13-21(24(16)17)26(34)36-3/h4-10,12-13H,11,14H2,1-3H3,(H,29,30)(H,31,32)/b15-9-,18-4-,20-19+,27-10?. The highest BCUT2D eigenvalue weighted by molar-refractivity contribution is 6.12. The number of aliphatic imine (C=N–C) groups is 1. The number of carboxylic acid groups (broad SMARTS) is 2. The van der Waals surface area contributed by atoms with Crippen molar-refractivity contribution >= 4 is 36.2 Å². The van der Waals surface area contributed by atoms with Crippen molar-refractivity contribution in [1.29, 1.82) is 0 Å². The van der Waals surface area contributed by atoms with Gasteiger partial charge < -0.3 is 24.3 Å². The van der Waals surface area contributed by atoms with Crippen LogP contribution in [0.1, 0.15) is 22.8 Å². The average Bonchev–Trinajstić information content (AvgIpc) is 3.43. The van der Waals surface area contributed by atoms with Crippen molar-refractivity contribution in [3.05, 3.63) is 76.2 Å². The molecule has 1 aliphatic heterocycles. The zero-order valence-corrected chi connectivity index (χ0v) is 19.8. The Hall–Kier alpha value is -4.73. The highest BCUT2D eigenvalue weighted by atomic mass is 16.5. The van der Waals surface area contributed by atoms with Gasteiger partial charge in [0.15, 0.2) is 0 Å². The molecule has 0 aromatic rings. The molecule has 2 N–H and O–H groups in total. The molecule has 2 aliphatic carbocycles. The number of hydrogen-bond acceptors (Lipinski definition) is 7. The van der Waals surface area contributed by atoms with E-state index in [9.17, 15) is 19.2 Å². The van der Waals surface area contributed by atoms with Gasteiger partial charge in [-0.2, -0.15) is 0 Å². The summed E-state index contributed by atoms with van der Waals surface area (Å²) in [6, 6.07) is 3.57. The summed E-state index contributed by atoms with van der Waals surface area (Å²) in [4.78, 5) is 50.7. The molecule has 0 aromatic heterocycles. The molecule has 186 valence electrons. The highest BCUT2D eigenvalue weighted by Crippen LogP contribution is 2.37. The van der Waals surface area contributed by atoms with Gasteiger partial charge in [-0.3, -0.25) is 14.6 Å². The zero-order chi connectivity index (χ0) is 26.4. The summed E-state index contributed by atoms with van der Waals surface area (Å²) >= 11 is 0. The third-order valence-electron chi connectivity index (χ3n) is 5.38. The number of methoxy groups -OCH3 is 2. The van der Waals surface area contributed by atoms with Crippen molar-refractivity contribution in [3.8, 4) is 11.1 Å². The van der Waals surface area contributed by atoms with Crippen molar-refractivity contribution in [2.45, 2.75) is 13.5 Å². The lowest BCUT2D eigenvalue weighted by molar-refractivity contribution is -0.138. The Kier molecular flexibility index (Phi) is 8.00. The molecule has 10 heteroatoms. The molecule has 0 unspecified atom stereocenters. The monoisotopic (exact) mass is 492 g/mol. The van der Waals surface area contributed by atoms with E-state index in [1.165, 1.54) is 31.2 Å². The van der Waals surface area contributed by atoms with E-state index < -0.39 is 30.4 Å². The Morgan fingerprint density at radius 1 is 1.03 bits per heavy atom. The van der Waals surface area contributed by atoms with Crippen LogP contribution in [-0.4, -0.2) is 65.6 Å². The van der Waals surface area contributed by atoms with Crippen molar-refractivity contribution in [2.75, 3.05) is 20.8 Å². The second kappa shape index (κ2) is 11.1. The minimum absolute atomic E-state index is 0.101. The normalized spacial score (nSPS) is 16.8. The topological polar surface area (TPSA) is 144 Å². The van der Waals surface area contributed by atoms with Gasteiger partial charge in [0, 0.05) is 24.2 Å². The molecule has 0 atom stereocenters. The second-order valence-corrected chi connectivity index (χ2v) is 7.67. The summed E-state index contributed by atoms with van der Waals surface area (Å²) in [5.41, 5.74) is 4.16. The van der Waals surface area contributed by atoms with E-state index in [-0.39, 0.29) is 17.7 Å². The Bertz CT molecular complexity index is 1350. The van der Waals surface area contributed by atoms with Crippen molar-refractivity contribution < 1.29 is 38.9 Å². The maximum Gasteiger partial charge on any atom is 0.340 e. The number of ether oxygens (including phenoxy) is 2. The van der Waals surface area contributed by atoms with E-state index in [4.69, 9.17) is 19.7 Å². The molecular weight excluding hydrogens is 468 g/mol.